The Morgan fingerprint density at radius 2 is 1.74 bits per heavy atom. The van der Waals surface area contributed by atoms with E-state index in [0.29, 0.717) is 0 Å². The van der Waals surface area contributed by atoms with Gasteiger partial charge in [-0.15, -0.1) is 5.10 Å². The van der Waals surface area contributed by atoms with E-state index >= 15 is 0 Å². The van der Waals surface area contributed by atoms with Crippen LogP contribution in [-0.2, 0) is 4.74 Å². The monoisotopic (exact) mass is 396 g/mol. The summed E-state index contributed by atoms with van der Waals surface area (Å²) >= 11 is 0. The third kappa shape index (κ3) is 10.3. The summed E-state index contributed by atoms with van der Waals surface area (Å²) in [6, 6.07) is 0. The van der Waals surface area contributed by atoms with E-state index in [-0.39, 0.29) is 24.2 Å². The van der Waals surface area contributed by atoms with E-state index in [1.807, 2.05) is 0 Å². The zero-order valence-corrected chi connectivity index (χ0v) is 16.5. The molecular formula is C15H36N6O6. The van der Waals surface area contributed by atoms with E-state index in [4.69, 9.17) is 20.7 Å². The molecule has 27 heavy (non-hydrogen) atoms. The molecule has 1 aromatic heterocycles. The van der Waals surface area contributed by atoms with Crippen molar-refractivity contribution in [3.8, 4) is 0 Å². The van der Waals surface area contributed by atoms with E-state index in [1.54, 1.807) is 13.8 Å². The first-order valence-electron chi connectivity index (χ1n) is 8.20. The van der Waals surface area contributed by atoms with E-state index in [2.05, 4.69) is 23.9 Å². The second kappa shape index (κ2) is 15.4. The summed E-state index contributed by atoms with van der Waals surface area (Å²) in [5.41, 5.74) is 4.97. The predicted molar refractivity (Wildman–Crippen MR) is 99.5 cm³/mol. The van der Waals surface area contributed by atoms with Crippen LogP contribution in [0.25, 0.3) is 0 Å². The number of nitrogens with two attached hydrogens (primary N) is 1. The van der Waals surface area contributed by atoms with Crippen LogP contribution in [0.1, 0.15) is 57.4 Å². The van der Waals surface area contributed by atoms with Gasteiger partial charge in [0.25, 0.3) is 5.91 Å². The lowest BCUT2D eigenvalue weighted by atomic mass is 10.1. The fourth-order valence-corrected chi connectivity index (χ4v) is 1.61. The number of amides is 1. The number of rotatable bonds is 4. The van der Waals surface area contributed by atoms with Crippen LogP contribution in [0.2, 0.25) is 0 Å². The molecular weight excluding hydrogens is 360 g/mol. The standard InChI is InChI=1S/C8H12N4O5.C4H10.C3H8O.2H3N/c9-6(16)7-10-2-12(11-7)8-5(15)4(14)3(1-13)17-8;1-3-4-2;1-3(2)4;;/h2-5,8,13-15H,1H2,(H2,9,16);3-4H2,1-2H3;3-4H,1-2H3;2*1H3/t3-,4-,5-,8-;;;;/m1..../s1. The summed E-state index contributed by atoms with van der Waals surface area (Å²) in [5, 5.41) is 39.8. The highest BCUT2D eigenvalue weighted by molar-refractivity contribution is 5.88. The molecule has 162 valence electrons. The van der Waals surface area contributed by atoms with Crippen molar-refractivity contribution in [1.29, 1.82) is 0 Å². The lowest BCUT2D eigenvalue weighted by Crippen LogP contribution is -2.33. The van der Waals surface area contributed by atoms with Crippen LogP contribution in [0, 0.1) is 0 Å². The van der Waals surface area contributed by atoms with E-state index in [9.17, 15) is 15.0 Å². The maximum Gasteiger partial charge on any atom is 0.288 e. The third-order valence-corrected chi connectivity index (χ3v) is 3.01. The van der Waals surface area contributed by atoms with E-state index in [1.165, 1.54) is 12.8 Å². The number of hydrogen-bond acceptors (Lipinski definition) is 10. The molecule has 0 saturated carbocycles. The molecule has 1 saturated heterocycles. The second-order valence-corrected chi connectivity index (χ2v) is 5.74. The van der Waals surface area contributed by atoms with Crippen LogP contribution < -0.4 is 18.0 Å². The number of aliphatic hydroxyl groups is 4. The van der Waals surface area contributed by atoms with Gasteiger partial charge in [0.05, 0.1) is 6.61 Å². The zero-order chi connectivity index (χ0) is 19.6. The molecule has 4 atom stereocenters. The Kier molecular flexibility index (Phi) is 17.1. The molecule has 1 aromatic rings. The minimum atomic E-state index is -1.27. The summed E-state index contributed by atoms with van der Waals surface area (Å²) in [6.45, 7) is 7.37. The molecule has 1 fully saturated rings. The summed E-state index contributed by atoms with van der Waals surface area (Å²) in [6.07, 6.45) is -0.791. The molecule has 12 heteroatoms. The molecule has 12 nitrogen and oxygen atoms in total. The van der Waals surface area contributed by atoms with Gasteiger partial charge < -0.3 is 43.2 Å². The Hall–Kier alpha value is -1.67. The Morgan fingerprint density at radius 1 is 1.26 bits per heavy atom. The molecule has 2 heterocycles. The number of carbonyl (C=O) groups is 1. The van der Waals surface area contributed by atoms with E-state index < -0.39 is 37.1 Å². The highest BCUT2D eigenvalue weighted by atomic mass is 16.6. The Morgan fingerprint density at radius 3 is 2.04 bits per heavy atom. The topological polar surface area (TPSA) is 234 Å². The first-order chi connectivity index (χ1) is 11.7. The number of hydrogen-bond donors (Lipinski definition) is 7. The number of ether oxygens (including phenoxy) is 1. The number of nitrogens with zero attached hydrogens (tertiary/aromatic N) is 3. The van der Waals surface area contributed by atoms with Gasteiger partial charge in [-0.3, -0.25) is 4.79 Å². The fourth-order valence-electron chi connectivity index (χ4n) is 1.61. The van der Waals surface area contributed by atoms with Gasteiger partial charge in [0.2, 0.25) is 5.82 Å². The van der Waals surface area contributed by atoms with Crippen LogP contribution in [0.5, 0.6) is 0 Å². The van der Waals surface area contributed by atoms with Crippen LogP contribution in [0.15, 0.2) is 6.33 Å². The summed E-state index contributed by atoms with van der Waals surface area (Å²) in [5.74, 6) is -1.03. The molecule has 0 aromatic carbocycles. The molecule has 2 rings (SSSR count). The van der Waals surface area contributed by atoms with Gasteiger partial charge >= 0.3 is 0 Å². The van der Waals surface area contributed by atoms with Crippen molar-refractivity contribution in [1.82, 2.24) is 27.1 Å². The number of aliphatic hydroxyl groups excluding tert-OH is 4. The molecule has 1 aliphatic heterocycles. The Bertz CT molecular complexity index is 496. The van der Waals surface area contributed by atoms with Gasteiger partial charge in [-0.2, -0.15) is 0 Å². The van der Waals surface area contributed by atoms with Crippen LogP contribution in [0.3, 0.4) is 0 Å². The lowest BCUT2D eigenvalue weighted by molar-refractivity contribution is -0.0588. The van der Waals surface area contributed by atoms with Crippen molar-refractivity contribution in [3.05, 3.63) is 12.2 Å². The highest BCUT2D eigenvalue weighted by Gasteiger charge is 2.43. The third-order valence-electron chi connectivity index (χ3n) is 3.01. The van der Waals surface area contributed by atoms with Crippen molar-refractivity contribution in [2.45, 2.75) is 71.2 Å². The first kappa shape index (κ1) is 30.1. The van der Waals surface area contributed by atoms with Gasteiger partial charge in [-0.1, -0.05) is 26.7 Å². The quantitative estimate of drug-likeness (QED) is 0.344. The smallest absolute Gasteiger partial charge is 0.288 e. The van der Waals surface area contributed by atoms with Crippen molar-refractivity contribution in [2.24, 2.45) is 5.73 Å². The Labute approximate surface area is 159 Å². The van der Waals surface area contributed by atoms with Crippen LogP contribution >= 0.6 is 0 Å². The molecule has 1 amide bonds. The van der Waals surface area contributed by atoms with Gasteiger partial charge in [0.1, 0.15) is 24.6 Å². The first-order valence-corrected chi connectivity index (χ1v) is 8.20. The van der Waals surface area contributed by atoms with Gasteiger partial charge in [0.15, 0.2) is 6.23 Å². The molecule has 0 unspecified atom stereocenters. The van der Waals surface area contributed by atoms with Crippen molar-refractivity contribution in [2.75, 3.05) is 6.61 Å². The molecule has 0 spiro atoms. The maximum absolute atomic E-state index is 10.8. The average molecular weight is 396 g/mol. The fraction of sp³-hybridized carbons (Fsp3) is 0.800. The lowest BCUT2D eigenvalue weighted by Gasteiger charge is -2.13. The number of unbranched alkanes of at least 4 members (excludes halogenated alkanes) is 1. The van der Waals surface area contributed by atoms with Gasteiger partial charge in [-0.05, 0) is 13.8 Å². The zero-order valence-electron chi connectivity index (χ0n) is 16.5. The second-order valence-electron chi connectivity index (χ2n) is 5.74. The SMILES string of the molecule is CC(C)O.CCCC.N.N.NC(=O)c1ncn([C@@H]2O[C@H](CO)[C@@H](O)[C@H]2O)n1. The van der Waals surface area contributed by atoms with Crippen LogP contribution in [-0.4, -0.2) is 72.1 Å². The van der Waals surface area contributed by atoms with Crippen molar-refractivity contribution < 1.29 is 30.0 Å². The molecule has 0 radical (unpaired) electrons. The number of carbonyl (C=O) groups excluding carboxylic acids is 1. The summed E-state index contributed by atoms with van der Waals surface area (Å²) < 4.78 is 6.25. The van der Waals surface area contributed by atoms with Crippen molar-refractivity contribution in [3.63, 3.8) is 0 Å². The summed E-state index contributed by atoms with van der Waals surface area (Å²) in [7, 11) is 0. The van der Waals surface area contributed by atoms with Gasteiger partial charge in [-0.25, -0.2) is 9.67 Å². The minimum absolute atomic E-state index is 0. The van der Waals surface area contributed by atoms with Crippen molar-refractivity contribution >= 4 is 5.91 Å². The predicted octanol–water partition coefficient (Wildman–Crippen LogP) is -0.494. The molecule has 0 bridgehead atoms. The summed E-state index contributed by atoms with van der Waals surface area (Å²) in [4.78, 5) is 14.4. The van der Waals surface area contributed by atoms with Crippen LogP contribution in [0.4, 0.5) is 0 Å². The molecule has 12 N–H and O–H groups in total. The number of primary amides is 1. The maximum atomic E-state index is 10.8. The average Bonchev–Trinajstić information content (AvgIpc) is 3.14. The molecule has 0 aliphatic carbocycles. The molecule has 1 aliphatic rings. The largest absolute Gasteiger partial charge is 0.394 e. The normalized spacial score (nSPS) is 23.1. The minimum Gasteiger partial charge on any atom is -0.394 e. The van der Waals surface area contributed by atoms with E-state index in [0.717, 1.165) is 11.0 Å². The Balaban J connectivity index is -0.000000495. The highest BCUT2D eigenvalue weighted by Crippen LogP contribution is 2.28. The van der Waals surface area contributed by atoms with Gasteiger partial charge in [0, 0.05) is 6.10 Å². The number of aromatic nitrogens is 3.